The second kappa shape index (κ2) is 11.6. The van der Waals surface area contributed by atoms with E-state index in [2.05, 4.69) is 10.6 Å². The molecule has 13 heteroatoms. The first-order chi connectivity index (χ1) is 19.1. The van der Waals surface area contributed by atoms with Crippen LogP contribution in [0.5, 0.6) is 17.2 Å². The number of nitrogens with zero attached hydrogens (tertiary/aromatic N) is 1. The van der Waals surface area contributed by atoms with Gasteiger partial charge in [0.25, 0.3) is 17.7 Å². The van der Waals surface area contributed by atoms with Crippen molar-refractivity contribution in [3.63, 3.8) is 0 Å². The van der Waals surface area contributed by atoms with Crippen molar-refractivity contribution in [2.75, 3.05) is 36.9 Å². The minimum absolute atomic E-state index is 0.0531. The number of methoxy groups -OCH3 is 3. The molecule has 3 aromatic carbocycles. The van der Waals surface area contributed by atoms with Gasteiger partial charge >= 0.3 is 0 Å². The maximum absolute atomic E-state index is 13.3. The molecular weight excluding hydrogens is 565 g/mol. The fourth-order valence-corrected chi connectivity index (χ4v) is 4.28. The number of carbonyl (C=O) groups is 4. The van der Waals surface area contributed by atoms with Gasteiger partial charge in [-0.3, -0.25) is 14.4 Å². The maximum atomic E-state index is 13.3. The number of amides is 3. The van der Waals surface area contributed by atoms with Crippen LogP contribution in [0.25, 0.3) is 0 Å². The van der Waals surface area contributed by atoms with Crippen molar-refractivity contribution in [1.82, 2.24) is 0 Å². The van der Waals surface area contributed by atoms with Gasteiger partial charge < -0.3 is 34.7 Å². The van der Waals surface area contributed by atoms with Crippen LogP contribution in [0.2, 0.25) is 5.02 Å². The zero-order chi connectivity index (χ0) is 29.1. The Bertz CT molecular complexity index is 1590. The number of carbonyl (C=O) groups excluding carboxylic acids is 4. The first-order valence-electron chi connectivity index (χ1n) is 11.4. The molecule has 0 fully saturated rings. The molecule has 1 heterocycles. The highest BCUT2D eigenvalue weighted by Crippen LogP contribution is 2.38. The Kier molecular flexibility index (Phi) is 8.17. The SMILES string of the molecule is COc1ccc(OC)c(N2C(=O)C(Cl)=C(Nc3cccc(C(=O)Nc4cc(OC)c(C(=O)[O-])cc4Cl)c3)C2=O)c1. The second-order valence-electron chi connectivity index (χ2n) is 8.15. The maximum Gasteiger partial charge on any atom is 0.283 e. The van der Waals surface area contributed by atoms with Crippen LogP contribution in [0.1, 0.15) is 20.7 Å². The Morgan fingerprint density at radius 2 is 1.60 bits per heavy atom. The van der Waals surface area contributed by atoms with E-state index >= 15 is 0 Å². The van der Waals surface area contributed by atoms with Gasteiger partial charge in [-0.25, -0.2) is 4.90 Å². The van der Waals surface area contributed by atoms with Crippen molar-refractivity contribution >= 4 is 64.0 Å². The van der Waals surface area contributed by atoms with Crippen LogP contribution in [-0.4, -0.2) is 45.0 Å². The summed E-state index contributed by atoms with van der Waals surface area (Å²) in [6, 6.07) is 13.0. The number of halogens is 2. The fourth-order valence-electron chi connectivity index (χ4n) is 3.86. The fraction of sp³-hybridized carbons (Fsp3) is 0.111. The number of hydrogen-bond donors (Lipinski definition) is 2. The molecule has 1 aliphatic rings. The number of ether oxygens (including phenoxy) is 3. The molecule has 0 unspecified atom stereocenters. The molecular formula is C27H20Cl2N3O8-. The second-order valence-corrected chi connectivity index (χ2v) is 8.94. The minimum atomic E-state index is -1.49. The highest BCUT2D eigenvalue weighted by molar-refractivity contribution is 6.53. The lowest BCUT2D eigenvalue weighted by Gasteiger charge is -2.19. The van der Waals surface area contributed by atoms with Crippen LogP contribution in [0.4, 0.5) is 17.1 Å². The molecule has 0 saturated heterocycles. The lowest BCUT2D eigenvalue weighted by atomic mass is 10.1. The monoisotopic (exact) mass is 584 g/mol. The number of carboxylic acids is 1. The molecule has 4 rings (SSSR count). The van der Waals surface area contributed by atoms with Gasteiger partial charge in [0, 0.05) is 28.9 Å². The normalized spacial score (nSPS) is 12.9. The van der Waals surface area contributed by atoms with E-state index in [0.717, 1.165) is 11.0 Å². The largest absolute Gasteiger partial charge is 0.545 e. The van der Waals surface area contributed by atoms with E-state index in [9.17, 15) is 24.3 Å². The number of nitrogens with one attached hydrogen (secondary N) is 2. The molecule has 0 aromatic heterocycles. The van der Waals surface area contributed by atoms with E-state index in [1.165, 1.54) is 51.7 Å². The molecule has 40 heavy (non-hydrogen) atoms. The molecule has 0 saturated carbocycles. The molecule has 0 radical (unpaired) electrons. The lowest BCUT2D eigenvalue weighted by Crippen LogP contribution is -2.32. The van der Waals surface area contributed by atoms with Gasteiger partial charge in [-0.15, -0.1) is 0 Å². The van der Waals surface area contributed by atoms with Crippen molar-refractivity contribution in [1.29, 1.82) is 0 Å². The summed E-state index contributed by atoms with van der Waals surface area (Å²) in [5.41, 5.74) is 0.160. The van der Waals surface area contributed by atoms with E-state index in [4.69, 9.17) is 37.4 Å². The summed E-state index contributed by atoms with van der Waals surface area (Å²) in [6.45, 7) is 0. The Hall–Kier alpha value is -4.74. The summed E-state index contributed by atoms with van der Waals surface area (Å²) in [5.74, 6) is -3.05. The van der Waals surface area contributed by atoms with Gasteiger partial charge in [0.15, 0.2) is 0 Å². The van der Waals surface area contributed by atoms with Crippen molar-refractivity contribution in [3.8, 4) is 17.2 Å². The Labute approximate surface area is 237 Å². The third-order valence-electron chi connectivity index (χ3n) is 5.81. The van der Waals surface area contributed by atoms with Crippen molar-refractivity contribution in [3.05, 3.63) is 81.5 Å². The van der Waals surface area contributed by atoms with Crippen LogP contribution >= 0.6 is 23.2 Å². The third kappa shape index (κ3) is 5.37. The Morgan fingerprint density at radius 1 is 0.875 bits per heavy atom. The molecule has 0 bridgehead atoms. The smallest absolute Gasteiger partial charge is 0.283 e. The van der Waals surface area contributed by atoms with Crippen LogP contribution in [0.15, 0.2) is 65.3 Å². The molecule has 0 spiro atoms. The van der Waals surface area contributed by atoms with Gasteiger partial charge in [-0.2, -0.15) is 0 Å². The average Bonchev–Trinajstić information content (AvgIpc) is 3.16. The van der Waals surface area contributed by atoms with Crippen LogP contribution in [-0.2, 0) is 9.59 Å². The van der Waals surface area contributed by atoms with E-state index < -0.39 is 23.7 Å². The van der Waals surface area contributed by atoms with Crippen molar-refractivity contribution in [2.45, 2.75) is 0 Å². The summed E-state index contributed by atoms with van der Waals surface area (Å²) >= 11 is 12.4. The van der Waals surface area contributed by atoms with Gasteiger partial charge in [0.2, 0.25) is 0 Å². The number of rotatable bonds is 9. The Balaban J connectivity index is 1.58. The lowest BCUT2D eigenvalue weighted by molar-refractivity contribution is -0.255. The van der Waals surface area contributed by atoms with E-state index in [-0.39, 0.29) is 55.4 Å². The molecule has 0 aliphatic carbocycles. The number of anilines is 3. The summed E-state index contributed by atoms with van der Waals surface area (Å²) in [4.78, 5) is 51.3. The zero-order valence-electron chi connectivity index (χ0n) is 21.2. The highest BCUT2D eigenvalue weighted by Gasteiger charge is 2.40. The van der Waals surface area contributed by atoms with Crippen LogP contribution < -0.4 is 34.9 Å². The number of hydrogen-bond acceptors (Lipinski definition) is 9. The predicted molar refractivity (Wildman–Crippen MR) is 145 cm³/mol. The van der Waals surface area contributed by atoms with Crippen molar-refractivity contribution in [2.24, 2.45) is 0 Å². The Morgan fingerprint density at radius 3 is 2.25 bits per heavy atom. The number of carboxylic acid groups (broad SMARTS) is 1. The van der Waals surface area contributed by atoms with Crippen molar-refractivity contribution < 1.29 is 38.5 Å². The predicted octanol–water partition coefficient (Wildman–Crippen LogP) is 3.42. The quantitative estimate of drug-likeness (QED) is 0.361. The van der Waals surface area contributed by atoms with Gasteiger partial charge in [0.05, 0.1) is 43.7 Å². The zero-order valence-corrected chi connectivity index (χ0v) is 22.7. The van der Waals surface area contributed by atoms with E-state index in [1.54, 1.807) is 18.2 Å². The van der Waals surface area contributed by atoms with E-state index in [0.29, 0.717) is 5.75 Å². The van der Waals surface area contributed by atoms with Gasteiger partial charge in [-0.05, 0) is 36.4 Å². The van der Waals surface area contributed by atoms with E-state index in [1.807, 2.05) is 0 Å². The first kappa shape index (κ1) is 28.3. The first-order valence-corrected chi connectivity index (χ1v) is 12.1. The molecule has 3 amide bonds. The average molecular weight is 585 g/mol. The topological polar surface area (TPSA) is 146 Å². The highest BCUT2D eigenvalue weighted by atomic mass is 35.5. The number of imide groups is 1. The third-order valence-corrected chi connectivity index (χ3v) is 6.47. The summed E-state index contributed by atoms with van der Waals surface area (Å²) in [7, 11) is 4.09. The molecule has 206 valence electrons. The van der Waals surface area contributed by atoms with Crippen LogP contribution in [0.3, 0.4) is 0 Å². The molecule has 3 aromatic rings. The van der Waals surface area contributed by atoms with Gasteiger partial charge in [0.1, 0.15) is 28.0 Å². The van der Waals surface area contributed by atoms with Crippen LogP contribution in [0, 0.1) is 0 Å². The standard InChI is InChI=1S/C27H21Cl2N3O8/c1-38-15-7-8-20(39-2)19(10-15)32-25(34)22(29)23(26(32)35)30-14-6-4-5-13(9-14)24(33)31-18-12-21(40-3)16(27(36)37)11-17(18)28/h4-12,30H,1-3H3,(H,31,33)(H,36,37)/p-1. The molecule has 11 nitrogen and oxygen atoms in total. The minimum Gasteiger partial charge on any atom is -0.545 e. The molecule has 0 atom stereocenters. The molecule has 2 N–H and O–H groups in total. The number of aromatic carboxylic acids is 1. The molecule has 1 aliphatic heterocycles. The number of benzene rings is 3. The van der Waals surface area contributed by atoms with Gasteiger partial charge in [-0.1, -0.05) is 29.3 Å². The summed E-state index contributed by atoms with van der Waals surface area (Å²) in [5, 5.41) is 16.3. The summed E-state index contributed by atoms with van der Waals surface area (Å²) in [6.07, 6.45) is 0. The summed E-state index contributed by atoms with van der Waals surface area (Å²) < 4.78 is 15.5.